The average Bonchev–Trinajstić information content (AvgIpc) is 2.71. The number of hydrogen-bond donors (Lipinski definition) is 0. The van der Waals surface area contributed by atoms with Gasteiger partial charge in [0, 0.05) is 12.0 Å². The zero-order chi connectivity index (χ0) is 11.7. The minimum atomic E-state index is -1.28. The Morgan fingerprint density at radius 1 is 1.44 bits per heavy atom. The van der Waals surface area contributed by atoms with Gasteiger partial charge >= 0.3 is 0 Å². The number of nitrogens with zero attached hydrogens (tertiary/aromatic N) is 1. The summed E-state index contributed by atoms with van der Waals surface area (Å²) in [5.74, 6) is -1.28. The first-order valence-corrected chi connectivity index (χ1v) is 5.22. The van der Waals surface area contributed by atoms with Crippen molar-refractivity contribution in [1.29, 1.82) is 0 Å². The van der Waals surface area contributed by atoms with Crippen molar-refractivity contribution in [3.05, 3.63) is 33.8 Å². The molecule has 16 heavy (non-hydrogen) atoms. The average molecular weight is 259 g/mol. The number of hydrogen-bond acceptors (Lipinski definition) is 4. The van der Waals surface area contributed by atoms with Gasteiger partial charge in [0.15, 0.2) is 6.10 Å². The Morgan fingerprint density at radius 3 is 2.75 bits per heavy atom. The van der Waals surface area contributed by atoms with E-state index in [2.05, 4.69) is 5.16 Å². The van der Waals surface area contributed by atoms with E-state index < -0.39 is 12.1 Å². The van der Waals surface area contributed by atoms with Crippen LogP contribution in [-0.2, 0) is 9.63 Å². The summed E-state index contributed by atoms with van der Waals surface area (Å²) in [5, 5.41) is 15.0. The smallest absolute Gasteiger partial charge is 0.172 e. The number of carbonyl (C=O) groups excluding carboxylic acids is 1. The first-order chi connectivity index (χ1) is 7.58. The molecule has 1 heterocycles. The molecule has 1 aromatic carbocycles. The summed E-state index contributed by atoms with van der Waals surface area (Å²) in [5.41, 5.74) is 1.21. The Morgan fingerprint density at radius 2 is 2.19 bits per heavy atom. The van der Waals surface area contributed by atoms with E-state index in [4.69, 9.17) is 28.0 Å². The summed E-state index contributed by atoms with van der Waals surface area (Å²) in [6.45, 7) is 0. The highest BCUT2D eigenvalue weighted by Gasteiger charge is 2.23. The summed E-state index contributed by atoms with van der Waals surface area (Å²) in [6, 6.07) is 4.94. The number of rotatable bonds is 2. The maximum atomic E-state index is 10.5. The van der Waals surface area contributed by atoms with Gasteiger partial charge in [-0.1, -0.05) is 34.4 Å². The highest BCUT2D eigenvalue weighted by Crippen LogP contribution is 2.25. The first-order valence-electron chi connectivity index (χ1n) is 4.47. The second-order valence-corrected chi connectivity index (χ2v) is 4.10. The molecule has 0 unspecified atom stereocenters. The van der Waals surface area contributed by atoms with Crippen molar-refractivity contribution < 1.29 is 14.7 Å². The normalized spacial score (nSPS) is 19.1. The van der Waals surface area contributed by atoms with Crippen molar-refractivity contribution in [1.82, 2.24) is 0 Å². The molecule has 0 aliphatic carbocycles. The standard InChI is InChI=1S/C10H7Cl2NO3/c11-6-2-1-5(3-7(6)12)8-4-9(10(14)15)16-13-8/h1-3,9H,4H2,(H,14,15)/p-1/t9-/m0/s1. The predicted molar refractivity (Wildman–Crippen MR) is 57.5 cm³/mol. The van der Waals surface area contributed by atoms with Crippen LogP contribution in [0.25, 0.3) is 0 Å². The topological polar surface area (TPSA) is 61.7 Å². The Bertz CT molecular complexity index is 473. The van der Waals surface area contributed by atoms with Crippen molar-refractivity contribution in [2.75, 3.05) is 0 Å². The number of benzene rings is 1. The minimum absolute atomic E-state index is 0.167. The summed E-state index contributed by atoms with van der Waals surface area (Å²) < 4.78 is 0. The van der Waals surface area contributed by atoms with Crippen LogP contribution in [0, 0.1) is 0 Å². The lowest BCUT2D eigenvalue weighted by atomic mass is 10.1. The molecule has 0 saturated carbocycles. The van der Waals surface area contributed by atoms with Crippen LogP contribution >= 0.6 is 23.2 Å². The molecule has 0 fully saturated rings. The lowest BCUT2D eigenvalue weighted by Gasteiger charge is -2.07. The Hall–Kier alpha value is -1.26. The molecule has 1 aliphatic heterocycles. The minimum Gasteiger partial charge on any atom is -0.546 e. The molecule has 1 atom stereocenters. The van der Waals surface area contributed by atoms with Crippen molar-refractivity contribution in [2.24, 2.45) is 5.16 Å². The highest BCUT2D eigenvalue weighted by atomic mass is 35.5. The molecule has 0 saturated heterocycles. The molecule has 0 spiro atoms. The third kappa shape index (κ3) is 2.13. The Labute approximate surface area is 101 Å². The molecular weight excluding hydrogens is 253 g/mol. The van der Waals surface area contributed by atoms with Crippen molar-refractivity contribution in [3.8, 4) is 0 Å². The summed E-state index contributed by atoms with van der Waals surface area (Å²) >= 11 is 11.6. The number of carboxylic acids is 1. The van der Waals surface area contributed by atoms with Gasteiger partial charge in [-0.3, -0.25) is 0 Å². The number of carboxylic acid groups (broad SMARTS) is 1. The van der Waals surface area contributed by atoms with Crippen LogP contribution in [0.1, 0.15) is 12.0 Å². The number of carbonyl (C=O) groups is 1. The highest BCUT2D eigenvalue weighted by molar-refractivity contribution is 6.42. The second kappa shape index (κ2) is 4.31. The van der Waals surface area contributed by atoms with Gasteiger partial charge in [-0.15, -0.1) is 0 Å². The molecule has 1 aliphatic rings. The molecule has 0 radical (unpaired) electrons. The van der Waals surface area contributed by atoms with Crippen LogP contribution in [-0.4, -0.2) is 17.8 Å². The Balaban J connectivity index is 2.21. The van der Waals surface area contributed by atoms with E-state index in [0.717, 1.165) is 0 Å². The van der Waals surface area contributed by atoms with Crippen LogP contribution < -0.4 is 5.11 Å². The van der Waals surface area contributed by atoms with Crippen LogP contribution in [0.2, 0.25) is 10.0 Å². The van der Waals surface area contributed by atoms with Gasteiger partial charge in [0.05, 0.1) is 21.7 Å². The van der Waals surface area contributed by atoms with Gasteiger partial charge in [-0.05, 0) is 12.1 Å². The largest absolute Gasteiger partial charge is 0.546 e. The van der Waals surface area contributed by atoms with Gasteiger partial charge in [0.2, 0.25) is 0 Å². The monoisotopic (exact) mass is 258 g/mol. The van der Waals surface area contributed by atoms with E-state index in [9.17, 15) is 9.90 Å². The molecule has 84 valence electrons. The van der Waals surface area contributed by atoms with E-state index in [1.54, 1.807) is 18.2 Å². The van der Waals surface area contributed by atoms with Crippen LogP contribution in [0.4, 0.5) is 0 Å². The van der Waals surface area contributed by atoms with E-state index in [1.165, 1.54) is 0 Å². The third-order valence-electron chi connectivity index (χ3n) is 2.18. The molecule has 0 aromatic heterocycles. The van der Waals surface area contributed by atoms with Crippen LogP contribution in [0.15, 0.2) is 23.4 Å². The maximum Gasteiger partial charge on any atom is 0.172 e. The molecule has 0 amide bonds. The molecular formula is C10H6Cl2NO3-. The number of aliphatic carboxylic acids is 1. The zero-order valence-corrected chi connectivity index (χ0v) is 9.46. The fourth-order valence-corrected chi connectivity index (χ4v) is 1.65. The quantitative estimate of drug-likeness (QED) is 0.802. The van der Waals surface area contributed by atoms with Gasteiger partial charge in [0.25, 0.3) is 0 Å². The van der Waals surface area contributed by atoms with Gasteiger partial charge in [-0.2, -0.15) is 0 Å². The first kappa shape index (κ1) is 11.2. The third-order valence-corrected chi connectivity index (χ3v) is 2.92. The van der Waals surface area contributed by atoms with Gasteiger partial charge < -0.3 is 14.7 Å². The molecule has 2 rings (SSSR count). The van der Waals surface area contributed by atoms with E-state index >= 15 is 0 Å². The SMILES string of the molecule is O=C([O-])[C@@H]1CC(c2ccc(Cl)c(Cl)c2)=NO1. The van der Waals surface area contributed by atoms with Gasteiger partial charge in [-0.25, -0.2) is 0 Å². The molecule has 0 bridgehead atoms. The zero-order valence-electron chi connectivity index (χ0n) is 7.94. The lowest BCUT2D eigenvalue weighted by molar-refractivity contribution is -0.315. The summed E-state index contributed by atoms with van der Waals surface area (Å²) in [7, 11) is 0. The second-order valence-electron chi connectivity index (χ2n) is 3.28. The van der Waals surface area contributed by atoms with E-state index in [1.807, 2.05) is 0 Å². The van der Waals surface area contributed by atoms with Crippen molar-refractivity contribution in [3.63, 3.8) is 0 Å². The molecule has 0 N–H and O–H groups in total. The molecule has 4 nitrogen and oxygen atoms in total. The number of halogens is 2. The van der Waals surface area contributed by atoms with Crippen molar-refractivity contribution >= 4 is 34.9 Å². The molecule has 1 aromatic rings. The molecule has 6 heteroatoms. The van der Waals surface area contributed by atoms with Crippen molar-refractivity contribution in [2.45, 2.75) is 12.5 Å². The van der Waals surface area contributed by atoms with Crippen LogP contribution in [0.3, 0.4) is 0 Å². The van der Waals surface area contributed by atoms with Gasteiger partial charge in [0.1, 0.15) is 0 Å². The van der Waals surface area contributed by atoms with Crippen LogP contribution in [0.5, 0.6) is 0 Å². The fraction of sp³-hybridized carbons (Fsp3) is 0.200. The maximum absolute atomic E-state index is 10.5. The summed E-state index contributed by atoms with van der Waals surface area (Å²) in [6.07, 6.45) is -0.857. The van der Waals surface area contributed by atoms with E-state index in [-0.39, 0.29) is 6.42 Å². The number of oxime groups is 1. The predicted octanol–water partition coefficient (Wildman–Crippen LogP) is 1.24. The van der Waals surface area contributed by atoms with E-state index in [0.29, 0.717) is 21.3 Å². The fourth-order valence-electron chi connectivity index (χ4n) is 1.35. The summed E-state index contributed by atoms with van der Waals surface area (Å²) in [4.78, 5) is 15.2. The Kier molecular flexibility index (Phi) is 3.03. The lowest BCUT2D eigenvalue weighted by Crippen LogP contribution is -2.35.